The van der Waals surface area contributed by atoms with E-state index in [1.807, 2.05) is 0 Å². The molecule has 0 aliphatic carbocycles. The van der Waals surface area contributed by atoms with Crippen molar-refractivity contribution in [2.75, 3.05) is 0 Å². The van der Waals surface area contributed by atoms with Gasteiger partial charge in [0.1, 0.15) is 4.90 Å². The summed E-state index contributed by atoms with van der Waals surface area (Å²) in [7, 11) is 0. The molecule has 0 fully saturated rings. The van der Waals surface area contributed by atoms with E-state index in [1.54, 1.807) is 36.4 Å². The van der Waals surface area contributed by atoms with E-state index in [-0.39, 0.29) is 23.0 Å². The fourth-order valence-electron chi connectivity index (χ4n) is 2.20. The van der Waals surface area contributed by atoms with Crippen molar-refractivity contribution < 1.29 is 10.0 Å². The maximum atomic E-state index is 12.1. The van der Waals surface area contributed by atoms with Crippen LogP contribution in [0, 0.1) is 10.1 Å². The van der Waals surface area contributed by atoms with Crippen LogP contribution < -0.4 is 5.56 Å². The van der Waals surface area contributed by atoms with Gasteiger partial charge in [0.15, 0.2) is 0 Å². The van der Waals surface area contributed by atoms with Crippen LogP contribution in [0.1, 0.15) is 5.56 Å². The van der Waals surface area contributed by atoms with Crippen LogP contribution in [0.25, 0.3) is 0 Å². The smallest absolute Gasteiger partial charge is 0.282 e. The van der Waals surface area contributed by atoms with Gasteiger partial charge in [-0.3, -0.25) is 20.0 Å². The number of benzene rings is 2. The van der Waals surface area contributed by atoms with Crippen LogP contribution in [0.5, 0.6) is 5.88 Å². The molecule has 0 spiro atoms. The monoisotopic (exact) mass is 377 g/mol. The number of halogens is 1. The van der Waals surface area contributed by atoms with Gasteiger partial charge in [0.25, 0.3) is 11.2 Å². The molecule has 1 heterocycles. The predicted molar refractivity (Wildman–Crippen MR) is 94.5 cm³/mol. The molecule has 128 valence electrons. The molecule has 0 aliphatic heterocycles. The summed E-state index contributed by atoms with van der Waals surface area (Å²) in [5, 5.41) is 24.0. The average Bonchev–Trinajstić information content (AvgIpc) is 2.85. The molecule has 0 radical (unpaired) electrons. The molecule has 2 aromatic carbocycles. The molecule has 0 saturated heterocycles. The number of nitro groups is 1. The molecule has 3 rings (SSSR count). The number of hydrogen-bond donors (Lipinski definition) is 2. The Morgan fingerprint density at radius 1 is 1.20 bits per heavy atom. The molecule has 1 aromatic heterocycles. The minimum absolute atomic E-state index is 0.0241. The molecule has 0 bridgehead atoms. The summed E-state index contributed by atoms with van der Waals surface area (Å²) in [5.41, 5.74) is 0.231. The van der Waals surface area contributed by atoms with Gasteiger partial charge in [0.05, 0.1) is 16.5 Å². The van der Waals surface area contributed by atoms with Gasteiger partial charge in [0, 0.05) is 17.0 Å². The zero-order chi connectivity index (χ0) is 18.0. The van der Waals surface area contributed by atoms with Gasteiger partial charge in [-0.1, -0.05) is 47.6 Å². The second-order valence-electron chi connectivity index (χ2n) is 5.14. The summed E-state index contributed by atoms with van der Waals surface area (Å²) < 4.78 is 1.28. The number of nitrogens with one attached hydrogen (secondary N) is 1. The zero-order valence-electron chi connectivity index (χ0n) is 12.7. The third-order valence-electron chi connectivity index (χ3n) is 3.44. The number of aromatic hydroxyl groups is 1. The van der Waals surface area contributed by atoms with Crippen molar-refractivity contribution in [1.82, 2.24) is 9.78 Å². The topological polar surface area (TPSA) is 101 Å². The first kappa shape index (κ1) is 17.1. The third-order valence-corrected chi connectivity index (χ3v) is 5.03. The number of nitrogens with zero attached hydrogens (tertiary/aromatic N) is 2. The zero-order valence-corrected chi connectivity index (χ0v) is 14.3. The van der Waals surface area contributed by atoms with Crippen molar-refractivity contribution >= 4 is 29.1 Å². The number of non-ortho nitro benzene ring substituents is 1. The van der Waals surface area contributed by atoms with E-state index in [9.17, 15) is 20.0 Å². The molecule has 25 heavy (non-hydrogen) atoms. The quantitative estimate of drug-likeness (QED) is 0.522. The molecule has 0 unspecified atom stereocenters. The molecule has 2 N–H and O–H groups in total. The molecular weight excluding hydrogens is 366 g/mol. The Kier molecular flexibility index (Phi) is 4.82. The minimum atomic E-state index is -0.489. The largest absolute Gasteiger partial charge is 0.493 e. The number of nitro benzene ring substituents is 1. The lowest BCUT2D eigenvalue weighted by Crippen LogP contribution is -2.07. The molecule has 7 nitrogen and oxygen atoms in total. The van der Waals surface area contributed by atoms with Gasteiger partial charge in [0.2, 0.25) is 5.88 Å². The number of aromatic nitrogens is 2. The van der Waals surface area contributed by atoms with Crippen molar-refractivity contribution in [1.29, 1.82) is 0 Å². The Balaban J connectivity index is 1.85. The Morgan fingerprint density at radius 2 is 1.88 bits per heavy atom. The lowest BCUT2D eigenvalue weighted by atomic mass is 10.2. The fraction of sp³-hybridized carbons (Fsp3) is 0.0625. The fourth-order valence-corrected chi connectivity index (χ4v) is 3.32. The average molecular weight is 378 g/mol. The van der Waals surface area contributed by atoms with Crippen LogP contribution in [-0.4, -0.2) is 19.8 Å². The molecule has 0 aliphatic rings. The highest BCUT2D eigenvalue weighted by Gasteiger charge is 2.17. The number of hydrogen-bond acceptors (Lipinski definition) is 5. The minimum Gasteiger partial charge on any atom is -0.493 e. The maximum Gasteiger partial charge on any atom is 0.282 e. The first-order valence-corrected chi connectivity index (χ1v) is 8.32. The van der Waals surface area contributed by atoms with Gasteiger partial charge >= 0.3 is 0 Å². The van der Waals surface area contributed by atoms with Gasteiger partial charge in [-0.05, 0) is 17.7 Å². The highest BCUT2D eigenvalue weighted by atomic mass is 35.5. The van der Waals surface area contributed by atoms with Crippen molar-refractivity contribution in [2.45, 2.75) is 16.3 Å². The van der Waals surface area contributed by atoms with Crippen LogP contribution in [-0.2, 0) is 6.54 Å². The molecule has 9 heteroatoms. The SMILES string of the molecule is O=c1[nH]n(Cc2ccc([N+](=O)[O-])cc2)c(O)c1Sc1ccccc1Cl. The van der Waals surface area contributed by atoms with E-state index >= 15 is 0 Å². The van der Waals surface area contributed by atoms with Crippen LogP contribution >= 0.6 is 23.4 Å². The van der Waals surface area contributed by atoms with Crippen LogP contribution in [0.3, 0.4) is 0 Å². The van der Waals surface area contributed by atoms with Crippen molar-refractivity contribution in [3.8, 4) is 5.88 Å². The lowest BCUT2D eigenvalue weighted by molar-refractivity contribution is -0.384. The summed E-state index contributed by atoms with van der Waals surface area (Å²) in [4.78, 5) is 23.1. The highest BCUT2D eigenvalue weighted by Crippen LogP contribution is 2.35. The molecular formula is C16H12ClN3O4S. The Morgan fingerprint density at radius 3 is 2.52 bits per heavy atom. The van der Waals surface area contributed by atoms with Gasteiger partial charge < -0.3 is 5.11 Å². The summed E-state index contributed by atoms with van der Waals surface area (Å²) in [6, 6.07) is 12.9. The summed E-state index contributed by atoms with van der Waals surface area (Å²) in [5.74, 6) is -0.215. The first-order chi connectivity index (χ1) is 12.0. The second-order valence-corrected chi connectivity index (χ2v) is 6.60. The van der Waals surface area contributed by atoms with E-state index in [0.717, 1.165) is 11.8 Å². The molecule has 3 aromatic rings. The molecule has 0 amide bonds. The van der Waals surface area contributed by atoms with E-state index in [1.165, 1.54) is 16.8 Å². The summed E-state index contributed by atoms with van der Waals surface area (Å²) in [6.45, 7) is 0.169. The van der Waals surface area contributed by atoms with Crippen LogP contribution in [0.4, 0.5) is 5.69 Å². The Hall–Kier alpha value is -2.71. The van der Waals surface area contributed by atoms with Gasteiger partial charge in [-0.2, -0.15) is 0 Å². The lowest BCUT2D eigenvalue weighted by Gasteiger charge is -2.05. The molecule has 0 atom stereocenters. The van der Waals surface area contributed by atoms with E-state index in [4.69, 9.17) is 11.6 Å². The number of H-pyrrole nitrogens is 1. The second kappa shape index (κ2) is 7.04. The summed E-state index contributed by atoms with van der Waals surface area (Å²) in [6.07, 6.45) is 0. The van der Waals surface area contributed by atoms with Crippen molar-refractivity contribution in [3.05, 3.63) is 79.6 Å². The Bertz CT molecular complexity index is 982. The van der Waals surface area contributed by atoms with E-state index in [2.05, 4.69) is 5.10 Å². The van der Waals surface area contributed by atoms with Crippen molar-refractivity contribution in [2.24, 2.45) is 0 Å². The van der Waals surface area contributed by atoms with Gasteiger partial charge in [-0.15, -0.1) is 0 Å². The third kappa shape index (κ3) is 3.70. The number of aromatic amines is 1. The van der Waals surface area contributed by atoms with Crippen LogP contribution in [0.2, 0.25) is 5.02 Å². The van der Waals surface area contributed by atoms with E-state index in [0.29, 0.717) is 15.5 Å². The maximum absolute atomic E-state index is 12.1. The number of rotatable bonds is 5. The molecule has 0 saturated carbocycles. The summed E-state index contributed by atoms with van der Waals surface area (Å²) >= 11 is 7.15. The van der Waals surface area contributed by atoms with E-state index < -0.39 is 10.5 Å². The Labute approximate surface area is 151 Å². The normalized spacial score (nSPS) is 10.8. The highest BCUT2D eigenvalue weighted by molar-refractivity contribution is 7.99. The standard InChI is InChI=1S/C16H12ClN3O4S/c17-12-3-1-2-4-13(12)25-14-15(21)18-19(16(14)22)9-10-5-7-11(8-6-10)20(23)24/h1-8,22H,9H2,(H,18,21). The van der Waals surface area contributed by atoms with Crippen LogP contribution in [0.15, 0.2) is 63.1 Å². The van der Waals surface area contributed by atoms with Gasteiger partial charge in [-0.25, -0.2) is 4.68 Å². The first-order valence-electron chi connectivity index (χ1n) is 7.13. The predicted octanol–water partition coefficient (Wildman–Crippen LogP) is 3.64. The van der Waals surface area contributed by atoms with Crippen molar-refractivity contribution in [3.63, 3.8) is 0 Å².